The van der Waals surface area contributed by atoms with Gasteiger partial charge in [-0.05, 0) is 0 Å². The van der Waals surface area contributed by atoms with Crippen LogP contribution in [0, 0.1) is 0 Å². The maximum absolute atomic E-state index is 11.4. The molecule has 0 radical (unpaired) electrons. The highest BCUT2D eigenvalue weighted by molar-refractivity contribution is 7.09. The molecule has 0 spiro atoms. The number of nitrogens with zero attached hydrogens (tertiary/aromatic N) is 2. The van der Waals surface area contributed by atoms with Gasteiger partial charge in [-0.25, -0.2) is 4.98 Å². The summed E-state index contributed by atoms with van der Waals surface area (Å²) in [7, 11) is 0. The van der Waals surface area contributed by atoms with E-state index in [1.807, 2.05) is 12.3 Å². The topological polar surface area (TPSA) is 50.3 Å². The number of rotatable bonds is 3. The molecule has 0 aromatic carbocycles. The van der Waals surface area contributed by atoms with Gasteiger partial charge in [0.15, 0.2) is 5.78 Å². The van der Waals surface area contributed by atoms with Gasteiger partial charge in [-0.1, -0.05) is 6.92 Å². The third kappa shape index (κ3) is 2.23. The first kappa shape index (κ1) is 10.3. The molecule has 5 heteroatoms. The van der Waals surface area contributed by atoms with E-state index in [2.05, 4.69) is 4.98 Å². The van der Waals surface area contributed by atoms with Gasteiger partial charge in [-0.2, -0.15) is 0 Å². The van der Waals surface area contributed by atoms with Gasteiger partial charge in [0.25, 0.3) is 0 Å². The first-order chi connectivity index (χ1) is 7.16. The molecule has 0 saturated carbocycles. The first-order valence-electron chi connectivity index (χ1n) is 4.85. The lowest BCUT2D eigenvalue weighted by Gasteiger charge is -2.18. The van der Waals surface area contributed by atoms with Crippen molar-refractivity contribution in [2.75, 3.05) is 13.1 Å². The predicted octanol–water partition coefficient (Wildman–Crippen LogP) is 1.05. The highest BCUT2D eigenvalue weighted by Gasteiger charge is 2.28. The van der Waals surface area contributed by atoms with Crippen LogP contribution < -0.4 is 0 Å². The third-order valence-electron chi connectivity index (χ3n) is 2.44. The van der Waals surface area contributed by atoms with Crippen LogP contribution in [0.25, 0.3) is 0 Å². The van der Waals surface area contributed by atoms with Crippen molar-refractivity contribution >= 4 is 23.0 Å². The molecule has 1 aromatic rings. The first-order valence-corrected chi connectivity index (χ1v) is 5.73. The zero-order valence-electron chi connectivity index (χ0n) is 8.47. The predicted molar refractivity (Wildman–Crippen MR) is 56.7 cm³/mol. The fraction of sp³-hybridized carbons (Fsp3) is 0.500. The van der Waals surface area contributed by atoms with Crippen molar-refractivity contribution < 1.29 is 9.59 Å². The number of likely N-dealkylation sites (tertiary alicyclic amines) is 1. The molecule has 0 N–H and O–H groups in total. The Balaban J connectivity index is 1.98. The van der Waals surface area contributed by atoms with Gasteiger partial charge in [0.2, 0.25) is 5.91 Å². The summed E-state index contributed by atoms with van der Waals surface area (Å²) < 4.78 is 0. The minimum absolute atomic E-state index is 0.0198. The molecule has 2 heterocycles. The highest BCUT2D eigenvalue weighted by atomic mass is 32.1. The molecule has 80 valence electrons. The second kappa shape index (κ2) is 4.10. The van der Waals surface area contributed by atoms with Crippen LogP contribution in [0.4, 0.5) is 0 Å². The SMILES string of the molecule is CC(CN1CC(=O)CC1=O)c1nccs1. The Morgan fingerprint density at radius 1 is 1.60 bits per heavy atom. The Bertz CT molecular complexity index is 375. The molecule has 0 aliphatic carbocycles. The molecule has 1 fully saturated rings. The molecule has 1 amide bonds. The molecule has 1 saturated heterocycles. The van der Waals surface area contributed by atoms with Crippen molar-refractivity contribution in [3.8, 4) is 0 Å². The lowest BCUT2D eigenvalue weighted by atomic mass is 10.2. The van der Waals surface area contributed by atoms with E-state index in [1.54, 1.807) is 22.4 Å². The van der Waals surface area contributed by atoms with Crippen LogP contribution in [0.1, 0.15) is 24.3 Å². The molecule has 1 aromatic heterocycles. The minimum Gasteiger partial charge on any atom is -0.334 e. The lowest BCUT2D eigenvalue weighted by molar-refractivity contribution is -0.128. The zero-order chi connectivity index (χ0) is 10.8. The maximum atomic E-state index is 11.4. The standard InChI is InChI=1S/C10H12N2O2S/c1-7(10-11-2-3-15-10)5-12-6-8(13)4-9(12)14/h2-3,7H,4-6H2,1H3. The Morgan fingerprint density at radius 2 is 2.40 bits per heavy atom. The molecule has 4 nitrogen and oxygen atoms in total. The van der Waals surface area contributed by atoms with E-state index in [9.17, 15) is 9.59 Å². The van der Waals surface area contributed by atoms with Crippen molar-refractivity contribution in [1.29, 1.82) is 0 Å². The summed E-state index contributed by atoms with van der Waals surface area (Å²) in [5.41, 5.74) is 0. The van der Waals surface area contributed by atoms with Crippen LogP contribution >= 0.6 is 11.3 Å². The Kier molecular flexibility index (Phi) is 2.81. The molecule has 0 bridgehead atoms. The molecule has 1 atom stereocenters. The number of carbonyl (C=O) groups excluding carboxylic acids is 2. The molecule has 15 heavy (non-hydrogen) atoms. The molecule has 2 rings (SSSR count). The smallest absolute Gasteiger partial charge is 0.230 e. The fourth-order valence-corrected chi connectivity index (χ4v) is 2.38. The average Bonchev–Trinajstić information content (AvgIpc) is 2.76. The van der Waals surface area contributed by atoms with Crippen LogP contribution in [0.5, 0.6) is 0 Å². The number of hydrogen-bond acceptors (Lipinski definition) is 4. The summed E-state index contributed by atoms with van der Waals surface area (Å²) in [6.45, 7) is 2.89. The van der Waals surface area contributed by atoms with Gasteiger partial charge in [0.05, 0.1) is 18.0 Å². The molecular weight excluding hydrogens is 212 g/mol. The van der Waals surface area contributed by atoms with E-state index in [1.165, 1.54) is 0 Å². The molecule has 1 aliphatic heterocycles. The average molecular weight is 224 g/mol. The van der Waals surface area contributed by atoms with Gasteiger partial charge in [0.1, 0.15) is 0 Å². The summed E-state index contributed by atoms with van der Waals surface area (Å²) in [6.07, 6.45) is 1.83. The van der Waals surface area contributed by atoms with Gasteiger partial charge < -0.3 is 4.90 Å². The van der Waals surface area contributed by atoms with Crippen molar-refractivity contribution in [3.05, 3.63) is 16.6 Å². The van der Waals surface area contributed by atoms with Crippen LogP contribution in [0.15, 0.2) is 11.6 Å². The number of ketones is 1. The monoisotopic (exact) mass is 224 g/mol. The Labute approximate surface area is 91.9 Å². The minimum atomic E-state index is -0.0524. The van der Waals surface area contributed by atoms with Crippen molar-refractivity contribution in [3.63, 3.8) is 0 Å². The van der Waals surface area contributed by atoms with E-state index < -0.39 is 0 Å². The zero-order valence-corrected chi connectivity index (χ0v) is 9.29. The third-order valence-corrected chi connectivity index (χ3v) is 3.44. The number of hydrogen-bond donors (Lipinski definition) is 0. The van der Waals surface area contributed by atoms with Gasteiger partial charge in [-0.3, -0.25) is 9.59 Å². The molecular formula is C10H12N2O2S. The fourth-order valence-electron chi connectivity index (χ4n) is 1.69. The summed E-state index contributed by atoms with van der Waals surface area (Å²) in [5, 5.41) is 2.94. The summed E-state index contributed by atoms with van der Waals surface area (Å²) in [4.78, 5) is 28.3. The van der Waals surface area contributed by atoms with Gasteiger partial charge >= 0.3 is 0 Å². The lowest BCUT2D eigenvalue weighted by Crippen LogP contribution is -2.29. The van der Waals surface area contributed by atoms with Crippen molar-refractivity contribution in [2.24, 2.45) is 0 Å². The second-order valence-corrected chi connectivity index (χ2v) is 4.69. The number of amides is 1. The Hall–Kier alpha value is -1.23. The summed E-state index contributed by atoms with van der Waals surface area (Å²) in [5.74, 6) is 0.176. The van der Waals surface area contributed by atoms with Crippen LogP contribution in [-0.2, 0) is 9.59 Å². The van der Waals surface area contributed by atoms with Crippen LogP contribution in [-0.4, -0.2) is 34.7 Å². The maximum Gasteiger partial charge on any atom is 0.230 e. The number of carbonyl (C=O) groups is 2. The second-order valence-electron chi connectivity index (χ2n) is 3.76. The van der Waals surface area contributed by atoms with Crippen LogP contribution in [0.3, 0.4) is 0 Å². The van der Waals surface area contributed by atoms with E-state index in [4.69, 9.17) is 0 Å². The number of aromatic nitrogens is 1. The number of Topliss-reactive ketones (excluding diaryl/α,β-unsaturated/α-hetero) is 1. The Morgan fingerprint density at radius 3 is 2.93 bits per heavy atom. The number of thiazole rings is 1. The van der Waals surface area contributed by atoms with Crippen molar-refractivity contribution in [1.82, 2.24) is 9.88 Å². The van der Waals surface area contributed by atoms with Crippen LogP contribution in [0.2, 0.25) is 0 Å². The molecule has 1 aliphatic rings. The largest absolute Gasteiger partial charge is 0.334 e. The van der Waals surface area contributed by atoms with E-state index in [-0.39, 0.29) is 30.6 Å². The summed E-state index contributed by atoms with van der Waals surface area (Å²) in [6, 6.07) is 0. The molecule has 1 unspecified atom stereocenters. The van der Waals surface area contributed by atoms with Crippen molar-refractivity contribution in [2.45, 2.75) is 19.3 Å². The van der Waals surface area contributed by atoms with E-state index in [0.29, 0.717) is 6.54 Å². The highest BCUT2D eigenvalue weighted by Crippen LogP contribution is 2.20. The summed E-state index contributed by atoms with van der Waals surface area (Å²) >= 11 is 1.58. The normalized spacial score (nSPS) is 18.6. The van der Waals surface area contributed by atoms with E-state index >= 15 is 0 Å². The quantitative estimate of drug-likeness (QED) is 0.721. The van der Waals surface area contributed by atoms with E-state index in [0.717, 1.165) is 5.01 Å². The van der Waals surface area contributed by atoms with Gasteiger partial charge in [0, 0.05) is 24.0 Å². The van der Waals surface area contributed by atoms with Gasteiger partial charge in [-0.15, -0.1) is 11.3 Å².